The van der Waals surface area contributed by atoms with E-state index in [1.165, 1.54) is 5.56 Å². The van der Waals surface area contributed by atoms with E-state index >= 15 is 0 Å². The van der Waals surface area contributed by atoms with Crippen molar-refractivity contribution < 1.29 is 4.74 Å². The molecule has 1 aromatic rings. The summed E-state index contributed by atoms with van der Waals surface area (Å²) in [6.07, 6.45) is 2.18. The minimum absolute atomic E-state index is 0.293. The summed E-state index contributed by atoms with van der Waals surface area (Å²) >= 11 is 0. The fourth-order valence-electron chi connectivity index (χ4n) is 1.93. The standard InChI is InChI=1S/C18H32N2O/c1-7-9-19-13-15-11-16(14(2)3)20-17(12-15)21-10-8-18(4,5)6/h11-12,14,19H,7-10,13H2,1-6H3. The predicted octanol–water partition coefficient (Wildman–Crippen LogP) is 4.52. The first-order chi connectivity index (χ1) is 9.81. The van der Waals surface area contributed by atoms with Crippen LogP contribution in [0.15, 0.2) is 12.1 Å². The summed E-state index contributed by atoms with van der Waals surface area (Å²) in [4.78, 5) is 4.63. The molecule has 0 aromatic carbocycles. The Hall–Kier alpha value is -1.09. The van der Waals surface area contributed by atoms with Gasteiger partial charge in [-0.15, -0.1) is 0 Å². The first-order valence-electron chi connectivity index (χ1n) is 8.16. The molecule has 1 heterocycles. The van der Waals surface area contributed by atoms with Gasteiger partial charge < -0.3 is 10.1 Å². The lowest BCUT2D eigenvalue weighted by atomic mass is 9.93. The van der Waals surface area contributed by atoms with Crippen molar-refractivity contribution in [2.75, 3.05) is 13.2 Å². The molecule has 0 amide bonds. The van der Waals surface area contributed by atoms with E-state index in [-0.39, 0.29) is 0 Å². The average molecular weight is 292 g/mol. The quantitative estimate of drug-likeness (QED) is 0.715. The minimum Gasteiger partial charge on any atom is -0.478 e. The van der Waals surface area contributed by atoms with E-state index in [0.717, 1.165) is 44.1 Å². The molecule has 1 aromatic heterocycles. The minimum atomic E-state index is 0.293. The normalized spacial score (nSPS) is 12.0. The summed E-state index contributed by atoms with van der Waals surface area (Å²) in [5.41, 5.74) is 2.66. The molecule has 3 heteroatoms. The molecule has 3 nitrogen and oxygen atoms in total. The Labute approximate surface area is 130 Å². The molecule has 0 saturated carbocycles. The second kappa shape index (κ2) is 8.38. The van der Waals surface area contributed by atoms with E-state index in [0.29, 0.717) is 11.3 Å². The van der Waals surface area contributed by atoms with Crippen LogP contribution in [0.4, 0.5) is 0 Å². The summed E-state index contributed by atoms with van der Waals surface area (Å²) in [5.74, 6) is 1.18. The maximum absolute atomic E-state index is 5.88. The molecule has 0 aliphatic carbocycles. The van der Waals surface area contributed by atoms with Crippen LogP contribution in [0.1, 0.15) is 71.6 Å². The smallest absolute Gasteiger partial charge is 0.213 e. The van der Waals surface area contributed by atoms with Gasteiger partial charge in [-0.3, -0.25) is 0 Å². The summed E-state index contributed by atoms with van der Waals surface area (Å²) in [6, 6.07) is 4.25. The van der Waals surface area contributed by atoms with Gasteiger partial charge in [0.25, 0.3) is 0 Å². The Morgan fingerprint density at radius 2 is 1.95 bits per heavy atom. The van der Waals surface area contributed by atoms with Gasteiger partial charge in [-0.2, -0.15) is 0 Å². The zero-order valence-corrected chi connectivity index (χ0v) is 14.6. The Kier molecular flexibility index (Phi) is 7.16. The second-order valence-corrected chi connectivity index (χ2v) is 7.23. The molecule has 0 unspecified atom stereocenters. The molecule has 1 N–H and O–H groups in total. The zero-order chi connectivity index (χ0) is 15.9. The Morgan fingerprint density at radius 3 is 2.52 bits per heavy atom. The largest absolute Gasteiger partial charge is 0.478 e. The van der Waals surface area contributed by atoms with Gasteiger partial charge in [0.15, 0.2) is 0 Å². The van der Waals surface area contributed by atoms with Crippen LogP contribution in [0.3, 0.4) is 0 Å². The van der Waals surface area contributed by atoms with Crippen LogP contribution in [0.5, 0.6) is 5.88 Å². The first-order valence-corrected chi connectivity index (χ1v) is 8.16. The van der Waals surface area contributed by atoms with Crippen molar-refractivity contribution in [2.24, 2.45) is 5.41 Å². The summed E-state index contributed by atoms with van der Waals surface area (Å²) in [7, 11) is 0. The first kappa shape index (κ1) is 18.0. The highest BCUT2D eigenvalue weighted by Crippen LogP contribution is 2.22. The number of hydrogen-bond donors (Lipinski definition) is 1. The maximum Gasteiger partial charge on any atom is 0.213 e. The van der Waals surface area contributed by atoms with Gasteiger partial charge in [0.05, 0.1) is 6.61 Å². The molecule has 0 spiro atoms. The van der Waals surface area contributed by atoms with Crippen molar-refractivity contribution in [2.45, 2.75) is 66.8 Å². The number of pyridine rings is 1. The molecule has 0 aliphatic heterocycles. The van der Waals surface area contributed by atoms with Gasteiger partial charge in [0.2, 0.25) is 5.88 Å². The number of aromatic nitrogens is 1. The van der Waals surface area contributed by atoms with E-state index < -0.39 is 0 Å². The van der Waals surface area contributed by atoms with Gasteiger partial charge in [-0.1, -0.05) is 41.5 Å². The Balaban J connectivity index is 2.72. The molecule has 0 radical (unpaired) electrons. The number of rotatable bonds is 8. The van der Waals surface area contributed by atoms with Crippen molar-refractivity contribution in [1.82, 2.24) is 10.3 Å². The van der Waals surface area contributed by atoms with E-state index in [1.54, 1.807) is 0 Å². The number of ether oxygens (including phenoxy) is 1. The lowest BCUT2D eigenvalue weighted by Crippen LogP contribution is -2.15. The Bertz CT molecular complexity index is 422. The number of nitrogens with zero attached hydrogens (tertiary/aromatic N) is 1. The van der Waals surface area contributed by atoms with Crippen LogP contribution in [-0.4, -0.2) is 18.1 Å². The van der Waals surface area contributed by atoms with Crippen molar-refractivity contribution in [3.8, 4) is 5.88 Å². The fourth-order valence-corrected chi connectivity index (χ4v) is 1.93. The average Bonchev–Trinajstić information content (AvgIpc) is 2.37. The topological polar surface area (TPSA) is 34.1 Å². The Morgan fingerprint density at radius 1 is 1.24 bits per heavy atom. The van der Waals surface area contributed by atoms with Gasteiger partial charge in [-0.25, -0.2) is 4.98 Å². The van der Waals surface area contributed by atoms with Crippen molar-refractivity contribution in [3.63, 3.8) is 0 Å². The highest BCUT2D eigenvalue weighted by molar-refractivity contribution is 5.26. The zero-order valence-electron chi connectivity index (χ0n) is 14.6. The third-order valence-corrected chi connectivity index (χ3v) is 3.33. The van der Waals surface area contributed by atoms with Crippen LogP contribution in [0, 0.1) is 5.41 Å². The number of nitrogens with one attached hydrogen (secondary N) is 1. The van der Waals surface area contributed by atoms with E-state index in [9.17, 15) is 0 Å². The molecular weight excluding hydrogens is 260 g/mol. The molecule has 0 aliphatic rings. The maximum atomic E-state index is 5.88. The molecular formula is C18H32N2O. The third-order valence-electron chi connectivity index (χ3n) is 3.33. The lowest BCUT2D eigenvalue weighted by molar-refractivity contribution is 0.235. The molecule has 21 heavy (non-hydrogen) atoms. The third kappa shape index (κ3) is 7.47. The van der Waals surface area contributed by atoms with Gasteiger partial charge in [-0.05, 0) is 42.3 Å². The monoisotopic (exact) mass is 292 g/mol. The van der Waals surface area contributed by atoms with E-state index in [1.807, 2.05) is 0 Å². The summed E-state index contributed by atoms with van der Waals surface area (Å²) < 4.78 is 5.88. The van der Waals surface area contributed by atoms with Crippen LogP contribution < -0.4 is 10.1 Å². The highest BCUT2D eigenvalue weighted by atomic mass is 16.5. The highest BCUT2D eigenvalue weighted by Gasteiger charge is 2.11. The van der Waals surface area contributed by atoms with Crippen molar-refractivity contribution in [3.05, 3.63) is 23.4 Å². The molecule has 1 rings (SSSR count). The van der Waals surface area contributed by atoms with Crippen LogP contribution in [0.25, 0.3) is 0 Å². The molecule has 0 saturated heterocycles. The van der Waals surface area contributed by atoms with Crippen LogP contribution in [-0.2, 0) is 6.54 Å². The lowest BCUT2D eigenvalue weighted by Gasteiger charge is -2.18. The van der Waals surface area contributed by atoms with E-state index in [4.69, 9.17) is 4.74 Å². The fraction of sp³-hybridized carbons (Fsp3) is 0.722. The van der Waals surface area contributed by atoms with Gasteiger partial charge in [0.1, 0.15) is 0 Å². The molecule has 0 fully saturated rings. The van der Waals surface area contributed by atoms with Crippen LogP contribution >= 0.6 is 0 Å². The van der Waals surface area contributed by atoms with Crippen molar-refractivity contribution >= 4 is 0 Å². The summed E-state index contributed by atoms with van der Waals surface area (Å²) in [6.45, 7) is 15.9. The predicted molar refractivity (Wildman–Crippen MR) is 89.9 cm³/mol. The van der Waals surface area contributed by atoms with Crippen LogP contribution in [0.2, 0.25) is 0 Å². The van der Waals surface area contributed by atoms with Gasteiger partial charge >= 0.3 is 0 Å². The molecule has 120 valence electrons. The SMILES string of the molecule is CCCNCc1cc(OCCC(C)(C)C)nc(C(C)C)c1. The van der Waals surface area contributed by atoms with Gasteiger partial charge in [0, 0.05) is 18.3 Å². The molecule has 0 bridgehead atoms. The van der Waals surface area contributed by atoms with Crippen molar-refractivity contribution in [1.29, 1.82) is 0 Å². The summed E-state index contributed by atoms with van der Waals surface area (Å²) in [5, 5.41) is 3.44. The second-order valence-electron chi connectivity index (χ2n) is 7.23. The van der Waals surface area contributed by atoms with E-state index in [2.05, 4.69) is 64.0 Å². The molecule has 0 atom stereocenters. The number of hydrogen-bond acceptors (Lipinski definition) is 3.